The second-order valence-electron chi connectivity index (χ2n) is 6.01. The van der Waals surface area contributed by atoms with E-state index in [0.717, 1.165) is 26.1 Å². The van der Waals surface area contributed by atoms with Crippen molar-refractivity contribution in [2.75, 3.05) is 19.7 Å². The van der Waals surface area contributed by atoms with Crippen LogP contribution in [0.3, 0.4) is 0 Å². The fourth-order valence-corrected chi connectivity index (χ4v) is 3.29. The Morgan fingerprint density at radius 2 is 2.26 bits per heavy atom. The minimum atomic E-state index is -0.245. The summed E-state index contributed by atoms with van der Waals surface area (Å²) in [5.74, 6) is -0.245. The van der Waals surface area contributed by atoms with E-state index in [2.05, 4.69) is 10.2 Å². The molecular weight excluding hydrogens is 242 g/mol. The Bertz CT molecular complexity index is 309. The van der Waals surface area contributed by atoms with E-state index >= 15 is 0 Å². The third kappa shape index (κ3) is 3.91. The van der Waals surface area contributed by atoms with Crippen molar-refractivity contribution in [2.24, 2.45) is 5.73 Å². The Balaban J connectivity index is 1.84. The molecular formula is C14H27N3O2. The van der Waals surface area contributed by atoms with Gasteiger partial charge in [-0.2, -0.15) is 0 Å². The van der Waals surface area contributed by atoms with Crippen molar-refractivity contribution < 1.29 is 9.53 Å². The number of morpholine rings is 1. The number of amides is 1. The normalized spacial score (nSPS) is 29.4. The molecule has 3 unspecified atom stereocenters. The van der Waals surface area contributed by atoms with Gasteiger partial charge in [-0.25, -0.2) is 0 Å². The molecule has 3 atom stereocenters. The molecule has 1 saturated heterocycles. The number of nitrogens with one attached hydrogen (secondary N) is 1. The minimum absolute atomic E-state index is 0.220. The fourth-order valence-electron chi connectivity index (χ4n) is 3.29. The first-order valence-electron chi connectivity index (χ1n) is 7.49. The molecule has 0 radical (unpaired) electrons. The molecule has 5 nitrogen and oxygen atoms in total. The number of rotatable bonds is 6. The minimum Gasteiger partial charge on any atom is -0.375 e. The number of fused-ring (bicyclic) bond motifs is 1. The molecule has 5 heteroatoms. The SMILES string of the molecule is CC(C)NC(CCN1CCOC2CCCC21)C(N)=O. The maximum Gasteiger partial charge on any atom is 0.234 e. The Labute approximate surface area is 115 Å². The number of primary amides is 1. The van der Waals surface area contributed by atoms with Gasteiger partial charge in [0.05, 0.1) is 18.8 Å². The molecule has 3 N–H and O–H groups in total. The van der Waals surface area contributed by atoms with E-state index in [4.69, 9.17) is 10.5 Å². The number of ether oxygens (including phenoxy) is 1. The van der Waals surface area contributed by atoms with E-state index in [9.17, 15) is 4.79 Å². The highest BCUT2D eigenvalue weighted by molar-refractivity contribution is 5.79. The van der Waals surface area contributed by atoms with Gasteiger partial charge in [-0.3, -0.25) is 9.69 Å². The van der Waals surface area contributed by atoms with Crippen LogP contribution < -0.4 is 11.1 Å². The van der Waals surface area contributed by atoms with Gasteiger partial charge in [-0.1, -0.05) is 13.8 Å². The molecule has 1 saturated carbocycles. The predicted octanol–water partition coefficient (Wildman–Crippen LogP) is 0.482. The molecule has 110 valence electrons. The summed E-state index contributed by atoms with van der Waals surface area (Å²) in [6.45, 7) is 6.81. The van der Waals surface area contributed by atoms with Crippen molar-refractivity contribution in [1.29, 1.82) is 0 Å². The van der Waals surface area contributed by atoms with Crippen molar-refractivity contribution in [3.8, 4) is 0 Å². The summed E-state index contributed by atoms with van der Waals surface area (Å²) in [6.07, 6.45) is 4.87. The quantitative estimate of drug-likeness (QED) is 0.736. The number of carbonyl (C=O) groups is 1. The van der Waals surface area contributed by atoms with E-state index in [1.54, 1.807) is 0 Å². The second kappa shape index (κ2) is 6.68. The molecule has 0 aromatic carbocycles. The van der Waals surface area contributed by atoms with Gasteiger partial charge in [0.25, 0.3) is 0 Å². The van der Waals surface area contributed by atoms with Gasteiger partial charge in [-0.05, 0) is 25.7 Å². The third-order valence-corrected chi connectivity index (χ3v) is 4.18. The summed E-state index contributed by atoms with van der Waals surface area (Å²) in [5, 5.41) is 3.25. The lowest BCUT2D eigenvalue weighted by Gasteiger charge is -2.38. The van der Waals surface area contributed by atoms with Crippen LogP contribution in [-0.4, -0.2) is 54.7 Å². The summed E-state index contributed by atoms with van der Waals surface area (Å²) >= 11 is 0. The van der Waals surface area contributed by atoms with E-state index < -0.39 is 0 Å². The van der Waals surface area contributed by atoms with Crippen molar-refractivity contribution in [3.63, 3.8) is 0 Å². The first-order valence-corrected chi connectivity index (χ1v) is 7.49. The average Bonchev–Trinajstić information content (AvgIpc) is 2.82. The molecule has 2 rings (SSSR count). The first kappa shape index (κ1) is 14.8. The van der Waals surface area contributed by atoms with Crippen LogP contribution in [-0.2, 0) is 9.53 Å². The summed E-state index contributed by atoms with van der Waals surface area (Å²) in [6, 6.07) is 0.616. The first-order chi connectivity index (χ1) is 9.08. The maximum absolute atomic E-state index is 11.5. The molecule has 1 amide bonds. The zero-order chi connectivity index (χ0) is 13.8. The van der Waals surface area contributed by atoms with Gasteiger partial charge in [0, 0.05) is 25.2 Å². The zero-order valence-electron chi connectivity index (χ0n) is 12.1. The smallest absolute Gasteiger partial charge is 0.234 e. The third-order valence-electron chi connectivity index (χ3n) is 4.18. The molecule has 0 aromatic rings. The Morgan fingerprint density at radius 3 is 2.95 bits per heavy atom. The number of carbonyl (C=O) groups excluding carboxylic acids is 1. The average molecular weight is 269 g/mol. The lowest BCUT2D eigenvalue weighted by atomic mass is 10.1. The highest BCUT2D eigenvalue weighted by atomic mass is 16.5. The van der Waals surface area contributed by atoms with E-state index in [1.807, 2.05) is 13.8 Å². The number of nitrogens with two attached hydrogens (primary N) is 1. The van der Waals surface area contributed by atoms with Crippen LogP contribution in [0.15, 0.2) is 0 Å². The lowest BCUT2D eigenvalue weighted by molar-refractivity contribution is -0.120. The van der Waals surface area contributed by atoms with Crippen LogP contribution in [0.1, 0.15) is 39.5 Å². The number of hydrogen-bond acceptors (Lipinski definition) is 4. The molecule has 0 aromatic heterocycles. The Morgan fingerprint density at radius 1 is 1.47 bits per heavy atom. The summed E-state index contributed by atoms with van der Waals surface area (Å²) in [5.41, 5.74) is 5.46. The molecule has 0 bridgehead atoms. The fraction of sp³-hybridized carbons (Fsp3) is 0.929. The highest BCUT2D eigenvalue weighted by Crippen LogP contribution is 2.29. The number of nitrogens with zero attached hydrogens (tertiary/aromatic N) is 1. The number of hydrogen-bond donors (Lipinski definition) is 2. The summed E-state index contributed by atoms with van der Waals surface area (Å²) in [7, 11) is 0. The molecule has 0 spiro atoms. The van der Waals surface area contributed by atoms with Crippen molar-refractivity contribution in [1.82, 2.24) is 10.2 Å². The van der Waals surface area contributed by atoms with Gasteiger partial charge in [0.2, 0.25) is 5.91 Å². The van der Waals surface area contributed by atoms with Crippen LogP contribution >= 0.6 is 0 Å². The molecule has 1 aliphatic heterocycles. The highest BCUT2D eigenvalue weighted by Gasteiger charge is 2.36. The summed E-state index contributed by atoms with van der Waals surface area (Å²) in [4.78, 5) is 13.9. The molecule has 2 aliphatic rings. The van der Waals surface area contributed by atoms with E-state index in [0.29, 0.717) is 12.1 Å². The van der Waals surface area contributed by atoms with Crippen molar-refractivity contribution in [3.05, 3.63) is 0 Å². The van der Waals surface area contributed by atoms with Crippen LogP contribution in [0.5, 0.6) is 0 Å². The van der Waals surface area contributed by atoms with Crippen LogP contribution in [0, 0.1) is 0 Å². The second-order valence-corrected chi connectivity index (χ2v) is 6.01. The Kier molecular flexibility index (Phi) is 5.19. The van der Waals surface area contributed by atoms with Gasteiger partial charge in [0.15, 0.2) is 0 Å². The van der Waals surface area contributed by atoms with E-state index in [1.165, 1.54) is 19.3 Å². The maximum atomic E-state index is 11.5. The van der Waals surface area contributed by atoms with Gasteiger partial charge < -0.3 is 15.8 Å². The molecule has 1 aliphatic carbocycles. The topological polar surface area (TPSA) is 67.6 Å². The standard InChI is InChI=1S/C14H27N3O2/c1-10(2)16-11(14(15)18)6-7-17-8-9-19-13-5-3-4-12(13)17/h10-13,16H,3-9H2,1-2H3,(H2,15,18). The van der Waals surface area contributed by atoms with Gasteiger partial charge >= 0.3 is 0 Å². The predicted molar refractivity (Wildman–Crippen MR) is 74.8 cm³/mol. The van der Waals surface area contributed by atoms with Gasteiger partial charge in [0.1, 0.15) is 0 Å². The van der Waals surface area contributed by atoms with Gasteiger partial charge in [-0.15, -0.1) is 0 Å². The zero-order valence-corrected chi connectivity index (χ0v) is 12.1. The van der Waals surface area contributed by atoms with Crippen molar-refractivity contribution >= 4 is 5.91 Å². The van der Waals surface area contributed by atoms with E-state index in [-0.39, 0.29) is 18.0 Å². The van der Waals surface area contributed by atoms with Crippen LogP contribution in [0.25, 0.3) is 0 Å². The molecule has 19 heavy (non-hydrogen) atoms. The van der Waals surface area contributed by atoms with Crippen molar-refractivity contribution in [2.45, 2.75) is 63.8 Å². The molecule has 1 heterocycles. The van der Waals surface area contributed by atoms with Crippen LogP contribution in [0.4, 0.5) is 0 Å². The lowest BCUT2D eigenvalue weighted by Crippen LogP contribution is -2.51. The largest absolute Gasteiger partial charge is 0.375 e. The van der Waals surface area contributed by atoms with Crippen LogP contribution in [0.2, 0.25) is 0 Å². The Hall–Kier alpha value is -0.650. The summed E-state index contributed by atoms with van der Waals surface area (Å²) < 4.78 is 5.80. The monoisotopic (exact) mass is 269 g/mol. The molecule has 2 fully saturated rings.